The molecule has 2 unspecified atom stereocenters. The minimum atomic E-state index is -0.740. The van der Waals surface area contributed by atoms with Crippen molar-refractivity contribution >= 4 is 25.3 Å². The van der Waals surface area contributed by atoms with Crippen molar-refractivity contribution in [3.05, 3.63) is 0 Å². The second kappa shape index (κ2) is 9.58. The molecule has 0 spiro atoms. The van der Waals surface area contributed by atoms with E-state index >= 15 is 0 Å². The molecule has 0 aliphatic rings. The van der Waals surface area contributed by atoms with Crippen LogP contribution in [0, 0.1) is 0 Å². The van der Waals surface area contributed by atoms with Gasteiger partial charge in [-0.1, -0.05) is 0 Å². The second-order valence-electron chi connectivity index (χ2n) is 1.50. The first-order valence-corrected chi connectivity index (χ1v) is 4.01. The van der Waals surface area contributed by atoms with Crippen LogP contribution in [0.2, 0.25) is 0 Å². The maximum Gasteiger partial charge on any atom is 0.0894 e. The van der Waals surface area contributed by atoms with Crippen LogP contribution in [-0.4, -0.2) is 46.1 Å². The standard InChI is InChI=1S/C4H10O2S2.CH4O/c5-3(1-7)4(6)2-8;1-2/h3-8H,1-2H2;2H,1H3. The average molecular weight is 186 g/mol. The lowest BCUT2D eigenvalue weighted by Gasteiger charge is -2.11. The summed E-state index contributed by atoms with van der Waals surface area (Å²) in [5.74, 6) is 0.559. The van der Waals surface area contributed by atoms with Crippen molar-refractivity contribution in [3.63, 3.8) is 0 Å². The molecule has 0 amide bonds. The van der Waals surface area contributed by atoms with E-state index in [1.54, 1.807) is 0 Å². The van der Waals surface area contributed by atoms with E-state index in [0.29, 0.717) is 0 Å². The molecule has 3 nitrogen and oxygen atoms in total. The van der Waals surface area contributed by atoms with E-state index in [1.807, 2.05) is 0 Å². The molecule has 0 radical (unpaired) electrons. The van der Waals surface area contributed by atoms with Crippen LogP contribution in [0.15, 0.2) is 0 Å². The van der Waals surface area contributed by atoms with Gasteiger partial charge in [0, 0.05) is 18.6 Å². The Morgan fingerprint density at radius 2 is 1.20 bits per heavy atom. The summed E-state index contributed by atoms with van der Waals surface area (Å²) in [5, 5.41) is 24.5. The highest BCUT2D eigenvalue weighted by Gasteiger charge is 2.10. The Kier molecular flexibility index (Phi) is 12.6. The van der Waals surface area contributed by atoms with Crippen LogP contribution >= 0.6 is 25.3 Å². The maximum absolute atomic E-state index is 8.75. The molecular formula is C5H14O3S2. The molecule has 2 atom stereocenters. The first-order valence-electron chi connectivity index (χ1n) is 2.75. The van der Waals surface area contributed by atoms with Crippen LogP contribution in [-0.2, 0) is 0 Å². The van der Waals surface area contributed by atoms with Crippen LogP contribution in [0.1, 0.15) is 0 Å². The highest BCUT2D eigenvalue weighted by Crippen LogP contribution is 1.96. The Bertz CT molecular complexity index is 54.9. The van der Waals surface area contributed by atoms with E-state index < -0.39 is 12.2 Å². The van der Waals surface area contributed by atoms with Crippen molar-refractivity contribution in [2.24, 2.45) is 0 Å². The van der Waals surface area contributed by atoms with Gasteiger partial charge in [0.25, 0.3) is 0 Å². The molecule has 0 aromatic rings. The summed E-state index contributed by atoms with van der Waals surface area (Å²) in [6.45, 7) is 0. The van der Waals surface area contributed by atoms with Crippen LogP contribution < -0.4 is 0 Å². The number of thiol groups is 2. The molecule has 0 aromatic heterocycles. The first-order chi connectivity index (χ1) is 4.72. The van der Waals surface area contributed by atoms with Crippen molar-refractivity contribution in [3.8, 4) is 0 Å². The van der Waals surface area contributed by atoms with Crippen LogP contribution in [0.5, 0.6) is 0 Å². The Hall–Kier alpha value is 0.580. The molecule has 3 N–H and O–H groups in total. The number of hydrogen-bond acceptors (Lipinski definition) is 5. The van der Waals surface area contributed by atoms with Gasteiger partial charge in [0.05, 0.1) is 12.2 Å². The number of rotatable bonds is 3. The molecule has 0 saturated carbocycles. The van der Waals surface area contributed by atoms with Gasteiger partial charge in [0.1, 0.15) is 0 Å². The van der Waals surface area contributed by atoms with Gasteiger partial charge in [-0.25, -0.2) is 0 Å². The zero-order valence-electron chi connectivity index (χ0n) is 5.80. The SMILES string of the molecule is CO.OC(CS)C(O)CS. The van der Waals surface area contributed by atoms with Crippen molar-refractivity contribution in [1.82, 2.24) is 0 Å². The van der Waals surface area contributed by atoms with Crippen molar-refractivity contribution in [2.75, 3.05) is 18.6 Å². The molecule has 0 aliphatic heterocycles. The minimum Gasteiger partial charge on any atom is -0.400 e. The van der Waals surface area contributed by atoms with Gasteiger partial charge in [0.2, 0.25) is 0 Å². The molecule has 0 saturated heterocycles. The molecule has 5 heteroatoms. The fraction of sp³-hybridized carbons (Fsp3) is 1.00. The monoisotopic (exact) mass is 186 g/mol. The topological polar surface area (TPSA) is 60.7 Å². The summed E-state index contributed by atoms with van der Waals surface area (Å²) < 4.78 is 0. The Balaban J connectivity index is 0. The molecule has 0 aliphatic carbocycles. The smallest absolute Gasteiger partial charge is 0.0894 e. The van der Waals surface area contributed by atoms with E-state index in [2.05, 4.69) is 25.3 Å². The van der Waals surface area contributed by atoms with Crippen molar-refractivity contribution in [2.45, 2.75) is 12.2 Å². The van der Waals surface area contributed by atoms with E-state index in [1.165, 1.54) is 0 Å². The summed E-state index contributed by atoms with van der Waals surface area (Å²) in [4.78, 5) is 0. The van der Waals surface area contributed by atoms with Crippen molar-refractivity contribution < 1.29 is 15.3 Å². The summed E-state index contributed by atoms with van der Waals surface area (Å²) in [5.41, 5.74) is 0. The van der Waals surface area contributed by atoms with Crippen LogP contribution in [0.4, 0.5) is 0 Å². The number of aliphatic hydroxyl groups is 3. The zero-order chi connectivity index (χ0) is 8.57. The van der Waals surface area contributed by atoms with E-state index in [9.17, 15) is 0 Å². The van der Waals surface area contributed by atoms with Crippen LogP contribution in [0.25, 0.3) is 0 Å². The fourth-order valence-corrected chi connectivity index (χ4v) is 0.730. The molecule has 0 fully saturated rings. The van der Waals surface area contributed by atoms with Gasteiger partial charge in [0.15, 0.2) is 0 Å². The van der Waals surface area contributed by atoms with Gasteiger partial charge in [-0.15, -0.1) is 0 Å². The van der Waals surface area contributed by atoms with E-state index in [4.69, 9.17) is 15.3 Å². The molecule has 0 rings (SSSR count). The molecule has 0 heterocycles. The first kappa shape index (κ1) is 13.2. The predicted molar refractivity (Wildman–Crippen MR) is 47.9 cm³/mol. The lowest BCUT2D eigenvalue weighted by Crippen LogP contribution is -2.28. The zero-order valence-corrected chi connectivity index (χ0v) is 7.59. The largest absolute Gasteiger partial charge is 0.400 e. The highest BCUT2D eigenvalue weighted by molar-refractivity contribution is 7.80. The summed E-state index contributed by atoms with van der Waals surface area (Å²) >= 11 is 7.53. The quantitative estimate of drug-likeness (QED) is 0.374. The molecule has 0 aromatic carbocycles. The third kappa shape index (κ3) is 6.70. The van der Waals surface area contributed by atoms with Gasteiger partial charge >= 0.3 is 0 Å². The van der Waals surface area contributed by atoms with E-state index in [-0.39, 0.29) is 11.5 Å². The van der Waals surface area contributed by atoms with Crippen molar-refractivity contribution in [1.29, 1.82) is 0 Å². The van der Waals surface area contributed by atoms with Gasteiger partial charge in [-0.05, 0) is 0 Å². The third-order valence-electron chi connectivity index (χ3n) is 0.818. The predicted octanol–water partition coefficient (Wildman–Crippen LogP) is -0.824. The Morgan fingerprint density at radius 1 is 1.00 bits per heavy atom. The highest BCUT2D eigenvalue weighted by atomic mass is 32.1. The van der Waals surface area contributed by atoms with Gasteiger partial charge in [-0.3, -0.25) is 0 Å². The molecular weight excluding hydrogens is 172 g/mol. The van der Waals surface area contributed by atoms with E-state index in [0.717, 1.165) is 7.11 Å². The van der Waals surface area contributed by atoms with Gasteiger partial charge in [-0.2, -0.15) is 25.3 Å². The van der Waals surface area contributed by atoms with Gasteiger partial charge < -0.3 is 15.3 Å². The maximum atomic E-state index is 8.75. The third-order valence-corrected chi connectivity index (χ3v) is 1.57. The Morgan fingerprint density at radius 3 is 1.30 bits per heavy atom. The molecule has 0 bridgehead atoms. The minimum absolute atomic E-state index is 0.279. The summed E-state index contributed by atoms with van der Waals surface area (Å²) in [7, 11) is 1.00. The lowest BCUT2D eigenvalue weighted by atomic mass is 10.3. The molecule has 64 valence electrons. The Labute approximate surface area is 71.9 Å². The lowest BCUT2D eigenvalue weighted by molar-refractivity contribution is 0.0504. The second-order valence-corrected chi connectivity index (χ2v) is 2.23. The summed E-state index contributed by atoms with van der Waals surface area (Å²) in [6, 6.07) is 0. The molecule has 10 heavy (non-hydrogen) atoms. The number of aliphatic hydroxyl groups excluding tert-OH is 3. The fourth-order valence-electron chi connectivity index (χ4n) is 0.243. The number of hydrogen-bond donors (Lipinski definition) is 5. The summed E-state index contributed by atoms with van der Waals surface area (Å²) in [6.07, 6.45) is -1.48. The normalized spacial score (nSPS) is 15.0. The average Bonchev–Trinajstić information content (AvgIpc) is 2.05. The van der Waals surface area contributed by atoms with Crippen LogP contribution in [0.3, 0.4) is 0 Å².